The van der Waals surface area contributed by atoms with Gasteiger partial charge < -0.3 is 9.64 Å². The third-order valence-corrected chi connectivity index (χ3v) is 5.30. The number of ether oxygens (including phenoxy) is 1. The Bertz CT molecular complexity index is 359. The zero-order valence-electron chi connectivity index (χ0n) is 13.7. The molecule has 1 heterocycles. The lowest BCUT2D eigenvalue weighted by atomic mass is 10.4. The van der Waals surface area contributed by atoms with Crippen LogP contribution in [0, 0.1) is 0 Å². The van der Waals surface area contributed by atoms with Crippen molar-refractivity contribution in [3.8, 4) is 0 Å². The molecular weight excluding hydrogens is 254 g/mol. The van der Waals surface area contributed by atoms with Crippen molar-refractivity contribution in [3.63, 3.8) is 0 Å². The fourth-order valence-corrected chi connectivity index (χ4v) is 4.10. The van der Waals surface area contributed by atoms with Crippen molar-refractivity contribution in [1.82, 2.24) is 9.80 Å². The van der Waals surface area contributed by atoms with Crippen molar-refractivity contribution in [2.75, 3.05) is 54.5 Å². The maximum absolute atomic E-state index is 5.48. The van der Waals surface area contributed by atoms with Gasteiger partial charge in [-0.1, -0.05) is 19.6 Å². The molecule has 0 unspecified atom stereocenters. The molecule has 0 atom stereocenters. The molecule has 0 aromatic carbocycles. The van der Waals surface area contributed by atoms with E-state index in [0.717, 1.165) is 26.3 Å². The number of hydrogen-bond acceptors (Lipinski definition) is 2. The summed E-state index contributed by atoms with van der Waals surface area (Å²) in [6, 6.07) is 0. The van der Waals surface area contributed by atoms with Gasteiger partial charge in [0.25, 0.3) is 5.84 Å². The second-order valence-electron chi connectivity index (χ2n) is 6.53. The number of hydrogen-bond donors (Lipinski definition) is 0. The second-order valence-corrected chi connectivity index (χ2v) is 11.5. The van der Waals surface area contributed by atoms with Crippen LogP contribution in [-0.2, 0) is 4.74 Å². The smallest absolute Gasteiger partial charge is 0.272 e. The van der Waals surface area contributed by atoms with E-state index in [0.29, 0.717) is 0 Å². The van der Waals surface area contributed by atoms with Gasteiger partial charge in [-0.25, -0.2) is 0 Å². The minimum absolute atomic E-state index is 0.848. The fraction of sp³-hybridized carbons (Fsp3) is 0.786. The molecule has 4 nitrogen and oxygen atoms in total. The molecule has 1 aliphatic rings. The minimum Gasteiger partial charge on any atom is -0.378 e. The highest BCUT2D eigenvalue weighted by Gasteiger charge is 2.28. The lowest BCUT2D eigenvalue weighted by molar-refractivity contribution is -0.468. The second kappa shape index (κ2) is 6.57. The van der Waals surface area contributed by atoms with E-state index in [4.69, 9.17) is 4.74 Å². The van der Waals surface area contributed by atoms with Gasteiger partial charge in [-0.3, -0.25) is 9.48 Å². The Morgan fingerprint density at radius 2 is 1.68 bits per heavy atom. The van der Waals surface area contributed by atoms with Crippen LogP contribution in [0.4, 0.5) is 0 Å². The summed E-state index contributed by atoms with van der Waals surface area (Å²) in [5.74, 6) is 1.25. The Kier molecular flexibility index (Phi) is 5.61. The van der Waals surface area contributed by atoms with Crippen molar-refractivity contribution in [1.29, 1.82) is 0 Å². The van der Waals surface area contributed by atoms with Crippen LogP contribution in [0.2, 0.25) is 19.6 Å². The first-order chi connectivity index (χ1) is 8.73. The molecule has 110 valence electrons. The standard InChI is InChI=1S/C14H30N3OSi/c1-15(2)13(16(3)4)12-14(19(5,6)7)17-8-10-18-11-9-17/h12H,8-11H2,1-7H3/q+1. The zero-order valence-corrected chi connectivity index (χ0v) is 14.7. The van der Waals surface area contributed by atoms with E-state index >= 15 is 0 Å². The summed E-state index contributed by atoms with van der Waals surface area (Å²) in [5, 5.41) is 1.52. The molecule has 1 aliphatic heterocycles. The normalized spacial score (nSPS) is 17.4. The average molecular weight is 284 g/mol. The SMILES string of the molecule is CN(C)C(/C=C(\N1CCOCC1)[Si](C)(C)C)=[N+](C)C. The van der Waals surface area contributed by atoms with Crippen LogP contribution in [0.3, 0.4) is 0 Å². The maximum atomic E-state index is 5.48. The Morgan fingerprint density at radius 3 is 2.05 bits per heavy atom. The van der Waals surface area contributed by atoms with Gasteiger partial charge in [0.15, 0.2) is 0 Å². The molecule has 0 radical (unpaired) electrons. The number of amidine groups is 1. The number of rotatable bonds is 3. The van der Waals surface area contributed by atoms with Gasteiger partial charge in [-0.2, -0.15) is 0 Å². The van der Waals surface area contributed by atoms with Crippen LogP contribution < -0.4 is 0 Å². The molecule has 5 heteroatoms. The molecule has 0 amide bonds. The van der Waals surface area contributed by atoms with Crippen LogP contribution in [0.1, 0.15) is 0 Å². The number of morpholine rings is 1. The molecule has 0 saturated carbocycles. The molecule has 0 N–H and O–H groups in total. The number of likely N-dealkylation sites (N-methyl/N-ethyl adjacent to an activating group) is 1. The van der Waals surface area contributed by atoms with Gasteiger partial charge in [0.2, 0.25) is 0 Å². The summed E-state index contributed by atoms with van der Waals surface area (Å²) < 4.78 is 7.66. The van der Waals surface area contributed by atoms with Crippen LogP contribution in [-0.4, -0.2) is 82.8 Å². The number of nitrogens with zero attached hydrogens (tertiary/aromatic N) is 3. The summed E-state index contributed by atoms with van der Waals surface area (Å²) >= 11 is 0. The van der Waals surface area contributed by atoms with Gasteiger partial charge >= 0.3 is 0 Å². The molecular formula is C14H30N3OSi+. The first-order valence-electron chi connectivity index (χ1n) is 7.00. The van der Waals surface area contributed by atoms with Crippen molar-refractivity contribution >= 4 is 13.9 Å². The predicted molar refractivity (Wildman–Crippen MR) is 84.6 cm³/mol. The largest absolute Gasteiger partial charge is 0.378 e. The lowest BCUT2D eigenvalue weighted by Gasteiger charge is -2.36. The highest BCUT2D eigenvalue weighted by molar-refractivity contribution is 6.83. The van der Waals surface area contributed by atoms with E-state index in [9.17, 15) is 0 Å². The van der Waals surface area contributed by atoms with E-state index < -0.39 is 8.07 Å². The molecule has 0 aromatic rings. The Labute approximate surface area is 119 Å². The van der Waals surface area contributed by atoms with Crippen molar-refractivity contribution in [3.05, 3.63) is 11.4 Å². The fourth-order valence-electron chi connectivity index (χ4n) is 2.37. The van der Waals surface area contributed by atoms with Crippen LogP contribution >= 0.6 is 0 Å². The summed E-state index contributed by atoms with van der Waals surface area (Å²) in [6.45, 7) is 11.0. The molecule has 0 aliphatic carbocycles. The quantitative estimate of drug-likeness (QED) is 0.337. The highest BCUT2D eigenvalue weighted by atomic mass is 28.3. The van der Waals surface area contributed by atoms with Gasteiger partial charge in [0.1, 0.15) is 0 Å². The van der Waals surface area contributed by atoms with E-state index in [1.54, 1.807) is 0 Å². The van der Waals surface area contributed by atoms with Crippen molar-refractivity contribution < 1.29 is 9.31 Å². The van der Waals surface area contributed by atoms with E-state index in [-0.39, 0.29) is 0 Å². The molecule has 1 saturated heterocycles. The Morgan fingerprint density at radius 1 is 1.16 bits per heavy atom. The van der Waals surface area contributed by atoms with Crippen LogP contribution in [0.5, 0.6) is 0 Å². The van der Waals surface area contributed by atoms with E-state index in [1.165, 1.54) is 11.2 Å². The topological polar surface area (TPSA) is 18.7 Å². The van der Waals surface area contributed by atoms with Gasteiger partial charge in [0.05, 0.1) is 49.5 Å². The summed E-state index contributed by atoms with van der Waals surface area (Å²) in [4.78, 5) is 4.70. The van der Waals surface area contributed by atoms with Crippen LogP contribution in [0.25, 0.3) is 0 Å². The minimum atomic E-state index is -1.37. The predicted octanol–water partition coefficient (Wildman–Crippen LogP) is 1.31. The summed E-state index contributed by atoms with van der Waals surface area (Å²) in [7, 11) is 7.05. The van der Waals surface area contributed by atoms with Gasteiger partial charge in [0, 0.05) is 24.5 Å². The maximum Gasteiger partial charge on any atom is 0.272 e. The Hall–Kier alpha value is -0.813. The molecule has 0 aromatic heterocycles. The zero-order chi connectivity index (χ0) is 14.6. The third kappa shape index (κ3) is 4.65. The molecule has 19 heavy (non-hydrogen) atoms. The van der Waals surface area contributed by atoms with E-state index in [1.807, 2.05) is 0 Å². The first kappa shape index (κ1) is 16.2. The van der Waals surface area contributed by atoms with Gasteiger partial charge in [-0.15, -0.1) is 0 Å². The van der Waals surface area contributed by atoms with Crippen molar-refractivity contribution in [2.45, 2.75) is 19.6 Å². The lowest BCUT2D eigenvalue weighted by Crippen LogP contribution is -2.45. The molecule has 0 spiro atoms. The highest BCUT2D eigenvalue weighted by Crippen LogP contribution is 2.20. The monoisotopic (exact) mass is 284 g/mol. The first-order valence-corrected chi connectivity index (χ1v) is 10.5. The Balaban J connectivity index is 3.13. The van der Waals surface area contributed by atoms with Gasteiger partial charge in [-0.05, 0) is 0 Å². The molecule has 0 bridgehead atoms. The van der Waals surface area contributed by atoms with Crippen LogP contribution in [0.15, 0.2) is 11.4 Å². The third-order valence-electron chi connectivity index (χ3n) is 3.30. The summed E-state index contributed by atoms with van der Waals surface area (Å²) in [6.07, 6.45) is 2.37. The van der Waals surface area contributed by atoms with Crippen molar-refractivity contribution in [2.24, 2.45) is 0 Å². The average Bonchev–Trinajstić information content (AvgIpc) is 2.28. The molecule has 1 rings (SSSR count). The molecule has 1 fully saturated rings. The summed E-state index contributed by atoms with van der Waals surface area (Å²) in [5.41, 5.74) is 0. The van der Waals surface area contributed by atoms with E-state index in [2.05, 4.69) is 68.3 Å².